The number of terminal acetylenes is 1. The second-order valence-electron chi connectivity index (χ2n) is 2.56. The molecule has 3 heteroatoms. The van der Waals surface area contributed by atoms with Crippen LogP contribution in [0.15, 0.2) is 12.3 Å². The highest BCUT2D eigenvalue weighted by Crippen LogP contribution is 2.09. The van der Waals surface area contributed by atoms with Crippen molar-refractivity contribution in [3.8, 4) is 12.3 Å². The number of imidazole rings is 1. The molecular weight excluding hydrogens is 150 g/mol. The second kappa shape index (κ2) is 2.35. The number of hydrogen-bond acceptors (Lipinski definition) is 2. The van der Waals surface area contributed by atoms with Crippen molar-refractivity contribution in [3.63, 3.8) is 0 Å². The fourth-order valence-corrected chi connectivity index (χ4v) is 1.10. The normalized spacial score (nSPS) is 10.0. The molecule has 0 aliphatic carbocycles. The number of nitrogens with one attached hydrogen (secondary N) is 1. The molecule has 0 aliphatic heterocycles. The van der Waals surface area contributed by atoms with Gasteiger partial charge in [-0.2, -0.15) is 0 Å². The fourth-order valence-electron chi connectivity index (χ4n) is 1.10. The third-order valence-electron chi connectivity index (χ3n) is 1.62. The molecule has 0 radical (unpaired) electrons. The van der Waals surface area contributed by atoms with Gasteiger partial charge >= 0.3 is 0 Å². The molecular formula is C9H7N3. The molecule has 0 aliphatic rings. The Bertz CT molecular complexity index is 462. The molecule has 1 N–H and O–H groups in total. The minimum absolute atomic E-state index is 0.714. The summed E-state index contributed by atoms with van der Waals surface area (Å²) in [7, 11) is 0. The van der Waals surface area contributed by atoms with Crippen LogP contribution in [-0.2, 0) is 0 Å². The lowest BCUT2D eigenvalue weighted by molar-refractivity contribution is 1.16. The lowest BCUT2D eigenvalue weighted by Crippen LogP contribution is -1.79. The van der Waals surface area contributed by atoms with Crippen molar-refractivity contribution in [2.45, 2.75) is 6.92 Å². The number of aromatic nitrogens is 3. The summed E-state index contributed by atoms with van der Waals surface area (Å²) in [5.41, 5.74) is 2.38. The third kappa shape index (κ3) is 0.940. The highest BCUT2D eigenvalue weighted by atomic mass is 15.0. The molecule has 58 valence electrons. The van der Waals surface area contributed by atoms with Crippen LogP contribution in [-0.4, -0.2) is 15.0 Å². The van der Waals surface area contributed by atoms with Gasteiger partial charge in [-0.15, -0.1) is 6.42 Å². The Hall–Kier alpha value is -1.82. The summed E-state index contributed by atoms with van der Waals surface area (Å²) in [6.07, 6.45) is 6.86. The molecule has 0 unspecified atom stereocenters. The van der Waals surface area contributed by atoms with Crippen molar-refractivity contribution in [2.75, 3.05) is 0 Å². The fraction of sp³-hybridized carbons (Fsp3) is 0.111. The number of hydrogen-bond donors (Lipinski definition) is 1. The lowest BCUT2D eigenvalue weighted by atomic mass is 10.3. The van der Waals surface area contributed by atoms with Gasteiger partial charge in [-0.1, -0.05) is 5.92 Å². The molecule has 0 atom stereocenters. The Balaban J connectivity index is 2.77. The highest BCUT2D eigenvalue weighted by Gasteiger charge is 1.99. The van der Waals surface area contributed by atoms with Gasteiger partial charge in [0.15, 0.2) is 5.65 Å². The smallest absolute Gasteiger partial charge is 0.177 e. The van der Waals surface area contributed by atoms with Gasteiger partial charge in [0.05, 0.1) is 5.52 Å². The van der Waals surface area contributed by atoms with Crippen molar-refractivity contribution < 1.29 is 0 Å². The van der Waals surface area contributed by atoms with E-state index >= 15 is 0 Å². The SMILES string of the molecule is C#Cc1cnc2nc(C)[nH]c2c1. The van der Waals surface area contributed by atoms with Gasteiger partial charge in [-0.3, -0.25) is 0 Å². The van der Waals surface area contributed by atoms with E-state index in [4.69, 9.17) is 6.42 Å². The molecule has 3 nitrogen and oxygen atoms in total. The molecule has 2 aromatic heterocycles. The van der Waals surface area contributed by atoms with Gasteiger partial charge in [-0.05, 0) is 13.0 Å². The van der Waals surface area contributed by atoms with Crippen molar-refractivity contribution in [2.24, 2.45) is 0 Å². The maximum Gasteiger partial charge on any atom is 0.177 e. The first-order valence-electron chi connectivity index (χ1n) is 3.58. The van der Waals surface area contributed by atoms with Crippen molar-refractivity contribution >= 4 is 11.2 Å². The van der Waals surface area contributed by atoms with E-state index in [1.165, 1.54) is 0 Å². The summed E-state index contributed by atoms with van der Waals surface area (Å²) >= 11 is 0. The highest BCUT2D eigenvalue weighted by molar-refractivity contribution is 5.71. The van der Waals surface area contributed by atoms with Crippen LogP contribution >= 0.6 is 0 Å². The predicted octanol–water partition coefficient (Wildman–Crippen LogP) is 1.25. The number of rotatable bonds is 0. The minimum Gasteiger partial charge on any atom is -0.341 e. The first kappa shape index (κ1) is 6.86. The van der Waals surface area contributed by atoms with Crippen LogP contribution in [0.2, 0.25) is 0 Å². The lowest BCUT2D eigenvalue weighted by Gasteiger charge is -1.87. The van der Waals surface area contributed by atoms with Crippen molar-refractivity contribution in [3.05, 3.63) is 23.7 Å². The Morgan fingerprint density at radius 3 is 3.17 bits per heavy atom. The molecule has 2 rings (SSSR count). The molecule has 2 heterocycles. The number of pyridine rings is 1. The number of H-pyrrole nitrogens is 1. The van der Waals surface area contributed by atoms with Crippen LogP contribution in [0.3, 0.4) is 0 Å². The van der Waals surface area contributed by atoms with Gasteiger partial charge in [0.25, 0.3) is 0 Å². The Morgan fingerprint density at radius 1 is 1.58 bits per heavy atom. The maximum atomic E-state index is 5.22. The Kier molecular flexibility index (Phi) is 1.34. The molecule has 12 heavy (non-hydrogen) atoms. The summed E-state index contributed by atoms with van der Waals surface area (Å²) in [5.74, 6) is 3.37. The molecule has 0 saturated heterocycles. The minimum atomic E-state index is 0.714. The second-order valence-corrected chi connectivity index (χ2v) is 2.56. The van der Waals surface area contributed by atoms with E-state index in [2.05, 4.69) is 20.9 Å². The molecule has 0 spiro atoms. The van der Waals surface area contributed by atoms with Crippen LogP contribution in [0.5, 0.6) is 0 Å². The Labute approximate surface area is 69.9 Å². The van der Waals surface area contributed by atoms with E-state index in [1.807, 2.05) is 13.0 Å². The van der Waals surface area contributed by atoms with Gasteiger partial charge in [0.2, 0.25) is 0 Å². The summed E-state index contributed by atoms with van der Waals surface area (Å²) in [5, 5.41) is 0. The van der Waals surface area contributed by atoms with E-state index in [0.717, 1.165) is 16.9 Å². The van der Waals surface area contributed by atoms with E-state index in [1.54, 1.807) is 6.20 Å². The van der Waals surface area contributed by atoms with Crippen molar-refractivity contribution in [1.29, 1.82) is 0 Å². The standard InChI is InChI=1S/C9H7N3/c1-3-7-4-8-9(10-5-7)12-6(2)11-8/h1,4-5H,2H3,(H,10,11,12). The zero-order valence-corrected chi connectivity index (χ0v) is 6.63. The van der Waals surface area contributed by atoms with E-state index in [9.17, 15) is 0 Å². The first-order chi connectivity index (χ1) is 5.79. The number of aromatic amines is 1. The van der Waals surface area contributed by atoms with Crippen LogP contribution in [0.25, 0.3) is 11.2 Å². The monoisotopic (exact) mass is 157 g/mol. The zero-order valence-electron chi connectivity index (χ0n) is 6.63. The molecule has 0 fully saturated rings. The van der Waals surface area contributed by atoms with Gasteiger partial charge in [-0.25, -0.2) is 9.97 Å². The molecule has 0 bridgehead atoms. The average Bonchev–Trinajstić information content (AvgIpc) is 2.43. The van der Waals surface area contributed by atoms with Gasteiger partial charge < -0.3 is 4.98 Å². The quantitative estimate of drug-likeness (QED) is 0.585. The van der Waals surface area contributed by atoms with Gasteiger partial charge in [0, 0.05) is 11.8 Å². The number of aryl methyl sites for hydroxylation is 1. The zero-order chi connectivity index (χ0) is 8.55. The number of fused-ring (bicyclic) bond motifs is 1. The summed E-state index contributed by atoms with van der Waals surface area (Å²) in [6, 6.07) is 1.86. The topological polar surface area (TPSA) is 41.6 Å². The third-order valence-corrected chi connectivity index (χ3v) is 1.62. The van der Waals surface area contributed by atoms with E-state index < -0.39 is 0 Å². The predicted molar refractivity (Wildman–Crippen MR) is 46.6 cm³/mol. The largest absolute Gasteiger partial charge is 0.341 e. The first-order valence-corrected chi connectivity index (χ1v) is 3.58. The van der Waals surface area contributed by atoms with Crippen molar-refractivity contribution in [1.82, 2.24) is 15.0 Å². The van der Waals surface area contributed by atoms with Crippen LogP contribution in [0, 0.1) is 19.3 Å². The summed E-state index contributed by atoms with van der Waals surface area (Å²) in [6.45, 7) is 1.89. The molecule has 0 aromatic carbocycles. The average molecular weight is 157 g/mol. The van der Waals surface area contributed by atoms with Crippen LogP contribution < -0.4 is 0 Å². The molecule has 0 saturated carbocycles. The number of nitrogens with zero attached hydrogens (tertiary/aromatic N) is 2. The van der Waals surface area contributed by atoms with Gasteiger partial charge in [0.1, 0.15) is 5.82 Å². The van der Waals surface area contributed by atoms with Crippen LogP contribution in [0.4, 0.5) is 0 Å². The van der Waals surface area contributed by atoms with E-state index in [-0.39, 0.29) is 0 Å². The van der Waals surface area contributed by atoms with E-state index in [0.29, 0.717) is 5.65 Å². The summed E-state index contributed by atoms with van der Waals surface area (Å²) < 4.78 is 0. The molecule has 0 amide bonds. The maximum absolute atomic E-state index is 5.22. The molecule has 2 aromatic rings. The summed E-state index contributed by atoms with van der Waals surface area (Å²) in [4.78, 5) is 11.3. The van der Waals surface area contributed by atoms with Crippen LogP contribution in [0.1, 0.15) is 11.4 Å². The Morgan fingerprint density at radius 2 is 2.42 bits per heavy atom.